The Morgan fingerprint density at radius 3 is 2.25 bits per heavy atom. The number of benzene rings is 3. The van der Waals surface area contributed by atoms with Crippen LogP contribution < -0.4 is 9.75 Å². The van der Waals surface area contributed by atoms with Gasteiger partial charge in [0.05, 0.1) is 34.4 Å². The fourth-order valence-electron chi connectivity index (χ4n) is 9.36. The maximum Gasteiger partial charge on any atom is 0.433 e. The number of alkyl halides is 3. The van der Waals surface area contributed by atoms with Gasteiger partial charge < -0.3 is 9.84 Å². The molecule has 2 amide bonds. The highest BCUT2D eigenvalue weighted by atomic mass is 35.5. The van der Waals surface area contributed by atoms with Gasteiger partial charge in [-0.05, 0) is 65.8 Å². The van der Waals surface area contributed by atoms with E-state index < -0.39 is 64.5 Å². The number of phenols is 1. The van der Waals surface area contributed by atoms with Crippen molar-refractivity contribution in [3.8, 4) is 11.5 Å². The second-order valence-electron chi connectivity index (χ2n) is 14.4. The van der Waals surface area contributed by atoms with Crippen molar-refractivity contribution in [3.05, 3.63) is 135 Å². The van der Waals surface area contributed by atoms with E-state index in [4.69, 9.17) is 27.9 Å². The molecule has 1 aliphatic heterocycles. The first kappa shape index (κ1) is 37.5. The molecule has 2 fully saturated rings. The molecule has 3 aromatic carbocycles. The van der Waals surface area contributed by atoms with E-state index in [1.807, 2.05) is 6.08 Å². The molecule has 0 unspecified atom stereocenters. The van der Waals surface area contributed by atoms with Crippen LogP contribution in [0.2, 0.25) is 10.0 Å². The molecule has 6 atom stereocenters. The van der Waals surface area contributed by atoms with Crippen LogP contribution in [-0.2, 0) is 30.8 Å². The van der Waals surface area contributed by atoms with Gasteiger partial charge in [0.1, 0.15) is 5.69 Å². The van der Waals surface area contributed by atoms with Gasteiger partial charge in [-0.15, -0.1) is 0 Å². The summed E-state index contributed by atoms with van der Waals surface area (Å²) in [5.41, 5.74) is -0.525. The Morgan fingerprint density at radius 1 is 0.911 bits per heavy atom. The minimum absolute atomic E-state index is 0.0177. The number of hydrogen-bond donors (Lipinski definition) is 1. The SMILES string of the molecule is COc1cc([C@H]2C3=CC[C@@H]4C(=O)N(N(C)c5nc(C(F)(F)F)ccc5Cl)C(=O)[C@@H]4[C@@H]3C[C@H]3C(=O)C(c4ccccc4)=CC(=O)[C@@]23c2ccccc2)cc(Cl)c1O. The number of phenolic OH excluding ortho intramolecular Hbond substituents is 1. The molecule has 1 saturated carbocycles. The predicted molar refractivity (Wildman–Crippen MR) is 201 cm³/mol. The molecule has 1 saturated heterocycles. The molecule has 9 nitrogen and oxygen atoms in total. The third kappa shape index (κ3) is 5.55. The number of hydrazine groups is 1. The number of halogens is 5. The number of anilines is 1. The lowest BCUT2D eigenvalue weighted by molar-refractivity contribution is -0.141. The number of hydrogen-bond acceptors (Lipinski definition) is 8. The van der Waals surface area contributed by atoms with E-state index in [0.29, 0.717) is 28.3 Å². The third-order valence-electron chi connectivity index (χ3n) is 11.7. The quantitative estimate of drug-likeness (QED) is 0.154. The largest absolute Gasteiger partial charge is 0.503 e. The van der Waals surface area contributed by atoms with Crippen molar-refractivity contribution in [3.63, 3.8) is 0 Å². The van der Waals surface area contributed by atoms with Crippen LogP contribution in [0.15, 0.2) is 103 Å². The molecule has 0 radical (unpaired) electrons. The van der Waals surface area contributed by atoms with Crippen LogP contribution in [0.25, 0.3) is 5.57 Å². The van der Waals surface area contributed by atoms with Crippen LogP contribution >= 0.6 is 23.2 Å². The number of aromatic nitrogens is 1. The molecule has 3 aliphatic carbocycles. The first-order valence-corrected chi connectivity index (χ1v) is 18.5. The Hall–Kier alpha value is -5.46. The van der Waals surface area contributed by atoms with Crippen molar-refractivity contribution < 1.29 is 42.2 Å². The first-order chi connectivity index (χ1) is 26.7. The van der Waals surface area contributed by atoms with Gasteiger partial charge in [-0.3, -0.25) is 24.2 Å². The Kier molecular flexibility index (Phi) is 9.12. The summed E-state index contributed by atoms with van der Waals surface area (Å²) in [6.07, 6.45) is -1.60. The molecular formula is C42H32Cl2F3N3O6. The Morgan fingerprint density at radius 2 is 1.59 bits per heavy atom. The van der Waals surface area contributed by atoms with Crippen LogP contribution in [0, 0.1) is 23.7 Å². The number of ether oxygens (including phenoxy) is 1. The number of carbonyl (C=O) groups is 4. The fraction of sp³-hybridized carbons (Fsp3) is 0.262. The zero-order valence-electron chi connectivity index (χ0n) is 29.8. The average molecular weight is 803 g/mol. The van der Waals surface area contributed by atoms with Crippen LogP contribution in [0.5, 0.6) is 11.5 Å². The molecule has 1 N–H and O–H groups in total. The van der Waals surface area contributed by atoms with Crippen molar-refractivity contribution in [1.82, 2.24) is 9.99 Å². The normalized spacial score (nSPS) is 25.9. The standard InChI is InChI=1S/C42H32Cl2F3N3O6/c1-49(38-29(43)15-16-32(48-38)42(45,46)47)50-39(54)25-14-13-24-27(34(25)40(50)55)19-28-36(52)26(21-9-5-3-6-10-21)20-33(51)41(28,23-11-7-4-8-12-23)35(24)22-17-30(44)37(53)31(18-22)56-2/h3-13,15-18,20,25,27-28,34-35,53H,14,19H2,1-2H3/t25-,27+,28-,34-,35-,41-/m0/s1. The summed E-state index contributed by atoms with van der Waals surface area (Å²) in [6.45, 7) is 0. The lowest BCUT2D eigenvalue weighted by atomic mass is 9.44. The number of allylic oxidation sites excluding steroid dienone is 4. The number of Topliss-reactive ketones (excluding diaryl/α,β-unsaturated/α-hetero) is 1. The van der Waals surface area contributed by atoms with Crippen molar-refractivity contribution in [1.29, 1.82) is 0 Å². The van der Waals surface area contributed by atoms with Crippen LogP contribution in [0.1, 0.15) is 41.1 Å². The lowest BCUT2D eigenvalue weighted by Gasteiger charge is -2.55. The third-order valence-corrected chi connectivity index (χ3v) is 12.3. The average Bonchev–Trinajstić information content (AvgIpc) is 3.45. The maximum atomic E-state index is 15.2. The Balaban J connectivity index is 1.33. The van der Waals surface area contributed by atoms with E-state index in [2.05, 4.69) is 4.98 Å². The molecule has 1 aromatic heterocycles. The van der Waals surface area contributed by atoms with E-state index in [1.54, 1.807) is 66.7 Å². The summed E-state index contributed by atoms with van der Waals surface area (Å²) in [4.78, 5) is 62.9. The molecule has 56 heavy (non-hydrogen) atoms. The Labute approximate surface area is 329 Å². The number of aromatic hydroxyl groups is 1. The minimum Gasteiger partial charge on any atom is -0.503 e. The predicted octanol–water partition coefficient (Wildman–Crippen LogP) is 8.00. The van der Waals surface area contributed by atoms with Gasteiger partial charge in [-0.1, -0.05) is 95.5 Å². The molecule has 4 aromatic rings. The number of amides is 2. The smallest absolute Gasteiger partial charge is 0.433 e. The summed E-state index contributed by atoms with van der Waals surface area (Å²) in [6, 6.07) is 22.4. The molecule has 286 valence electrons. The highest BCUT2D eigenvalue weighted by molar-refractivity contribution is 6.33. The Bertz CT molecular complexity index is 2390. The van der Waals surface area contributed by atoms with E-state index in [-0.39, 0.29) is 51.5 Å². The van der Waals surface area contributed by atoms with Gasteiger partial charge in [0.2, 0.25) is 0 Å². The van der Waals surface area contributed by atoms with Gasteiger partial charge >= 0.3 is 6.18 Å². The summed E-state index contributed by atoms with van der Waals surface area (Å²) >= 11 is 12.9. The number of carbonyl (C=O) groups excluding carboxylic acids is 4. The molecule has 0 spiro atoms. The number of imide groups is 1. The van der Waals surface area contributed by atoms with E-state index in [0.717, 1.165) is 16.1 Å². The zero-order valence-corrected chi connectivity index (χ0v) is 31.3. The minimum atomic E-state index is -4.83. The summed E-state index contributed by atoms with van der Waals surface area (Å²) in [7, 11) is 2.59. The molecule has 8 rings (SSSR count). The topological polar surface area (TPSA) is 117 Å². The van der Waals surface area contributed by atoms with Gasteiger partial charge in [0.25, 0.3) is 11.8 Å². The summed E-state index contributed by atoms with van der Waals surface area (Å²) < 4.78 is 46.6. The number of nitrogens with zero attached hydrogens (tertiary/aromatic N) is 3. The molecule has 0 bridgehead atoms. The molecule has 4 aliphatic rings. The number of fused-ring (bicyclic) bond motifs is 4. The van der Waals surface area contributed by atoms with Crippen molar-refractivity contribution in [2.24, 2.45) is 23.7 Å². The van der Waals surface area contributed by atoms with Gasteiger partial charge in [-0.2, -0.15) is 18.2 Å². The second kappa shape index (κ2) is 13.6. The fourth-order valence-corrected chi connectivity index (χ4v) is 9.80. The van der Waals surface area contributed by atoms with Gasteiger partial charge in [0, 0.05) is 24.5 Å². The highest BCUT2D eigenvalue weighted by Crippen LogP contribution is 2.64. The summed E-state index contributed by atoms with van der Waals surface area (Å²) in [5, 5.41) is 12.2. The molecule has 14 heteroatoms. The summed E-state index contributed by atoms with van der Waals surface area (Å²) in [5.74, 6) is -7.70. The first-order valence-electron chi connectivity index (χ1n) is 17.7. The monoisotopic (exact) mass is 801 g/mol. The zero-order chi connectivity index (χ0) is 39.8. The van der Waals surface area contributed by atoms with Crippen LogP contribution in [0.3, 0.4) is 0 Å². The van der Waals surface area contributed by atoms with E-state index >= 15 is 9.59 Å². The number of pyridine rings is 1. The number of ketones is 2. The van der Waals surface area contributed by atoms with Crippen molar-refractivity contribution in [2.45, 2.75) is 30.4 Å². The maximum absolute atomic E-state index is 15.2. The van der Waals surface area contributed by atoms with E-state index in [1.165, 1.54) is 26.3 Å². The van der Waals surface area contributed by atoms with Gasteiger partial charge in [-0.25, -0.2) is 4.98 Å². The van der Waals surface area contributed by atoms with Crippen molar-refractivity contribution >= 4 is 58.0 Å². The number of rotatable bonds is 6. The second-order valence-corrected chi connectivity index (χ2v) is 15.2. The molecular weight excluding hydrogens is 770 g/mol. The van der Waals surface area contributed by atoms with Crippen molar-refractivity contribution in [2.75, 3.05) is 19.2 Å². The van der Waals surface area contributed by atoms with E-state index in [9.17, 15) is 27.9 Å². The highest BCUT2D eigenvalue weighted by Gasteiger charge is 2.66. The van der Waals surface area contributed by atoms with Gasteiger partial charge in [0.15, 0.2) is 28.9 Å². The van der Waals surface area contributed by atoms with Crippen LogP contribution in [-0.4, -0.2) is 52.6 Å². The number of methoxy groups -OCH3 is 1. The lowest BCUT2D eigenvalue weighted by Crippen LogP contribution is -2.59. The molecule has 2 heterocycles. The van der Waals surface area contributed by atoms with Crippen LogP contribution in [0.4, 0.5) is 19.0 Å².